The topological polar surface area (TPSA) is 54.0 Å². The third-order valence-electron chi connectivity index (χ3n) is 3.47. The third-order valence-corrected chi connectivity index (χ3v) is 3.47. The Morgan fingerprint density at radius 2 is 2.00 bits per heavy atom. The first-order valence-corrected chi connectivity index (χ1v) is 6.85. The van der Waals surface area contributed by atoms with Gasteiger partial charge in [0.2, 0.25) is 0 Å². The zero-order chi connectivity index (χ0) is 13.8. The highest BCUT2D eigenvalue weighted by Gasteiger charge is 2.09. The van der Waals surface area contributed by atoms with E-state index < -0.39 is 0 Å². The van der Waals surface area contributed by atoms with Crippen LogP contribution in [0.15, 0.2) is 48.0 Å². The average molecular weight is 340 g/mol. The van der Waals surface area contributed by atoms with Gasteiger partial charge in [-0.25, -0.2) is 4.98 Å². The van der Waals surface area contributed by atoms with Gasteiger partial charge in [0.25, 0.3) is 5.91 Å². The quantitative estimate of drug-likeness (QED) is 0.845. The summed E-state index contributed by atoms with van der Waals surface area (Å²) in [5.74, 6) is -0.116. The van der Waals surface area contributed by atoms with E-state index >= 15 is 0 Å². The summed E-state index contributed by atoms with van der Waals surface area (Å²) in [5, 5.41) is 7.23. The molecule has 0 unspecified atom stereocenters. The van der Waals surface area contributed by atoms with Crippen molar-refractivity contribution in [1.29, 1.82) is 0 Å². The number of benzene rings is 1. The summed E-state index contributed by atoms with van der Waals surface area (Å²) in [6, 6.07) is 11.5. The first-order chi connectivity index (χ1) is 9.83. The minimum Gasteiger partial charge on any atom is -0.347 e. The molecule has 118 valence electrons. The monoisotopic (exact) mass is 339 g/mol. The van der Waals surface area contributed by atoms with Gasteiger partial charge in [0.05, 0.1) is 5.52 Å². The molecule has 1 aromatic heterocycles. The Balaban J connectivity index is 0.00000121. The number of nitrogens with one attached hydrogen (secondary N) is 2. The maximum atomic E-state index is 12.1. The Morgan fingerprint density at radius 3 is 2.77 bits per heavy atom. The van der Waals surface area contributed by atoms with Crippen molar-refractivity contribution < 1.29 is 4.79 Å². The van der Waals surface area contributed by atoms with Crippen LogP contribution in [0.1, 0.15) is 16.9 Å². The summed E-state index contributed by atoms with van der Waals surface area (Å²) in [5.41, 5.74) is 2.59. The molecule has 1 aliphatic rings. The molecule has 0 bridgehead atoms. The summed E-state index contributed by atoms with van der Waals surface area (Å²) in [4.78, 5) is 16.5. The standard InChI is InChI=1S/C16H17N3O.2ClH/c20-16(18-11-12-7-9-17-10-8-12)15-6-5-13-3-1-2-4-14(13)19-15;;/h1-7,17H,8-11H2,(H,18,20);2*1H. The van der Waals surface area contributed by atoms with Crippen molar-refractivity contribution in [3.63, 3.8) is 0 Å². The second kappa shape index (κ2) is 8.73. The number of hydrogen-bond donors (Lipinski definition) is 2. The molecule has 1 aromatic carbocycles. The van der Waals surface area contributed by atoms with Crippen LogP contribution in [-0.4, -0.2) is 30.5 Å². The highest BCUT2D eigenvalue weighted by Crippen LogP contribution is 2.11. The van der Waals surface area contributed by atoms with Crippen molar-refractivity contribution in [2.45, 2.75) is 6.42 Å². The predicted molar refractivity (Wildman–Crippen MR) is 94.1 cm³/mol. The van der Waals surface area contributed by atoms with Crippen molar-refractivity contribution in [3.8, 4) is 0 Å². The average Bonchev–Trinajstić information content (AvgIpc) is 2.53. The van der Waals surface area contributed by atoms with E-state index in [1.54, 1.807) is 6.07 Å². The van der Waals surface area contributed by atoms with E-state index in [0.717, 1.165) is 30.4 Å². The van der Waals surface area contributed by atoms with Gasteiger partial charge in [-0.1, -0.05) is 35.9 Å². The van der Waals surface area contributed by atoms with E-state index in [1.165, 1.54) is 5.57 Å². The number of hydrogen-bond acceptors (Lipinski definition) is 3. The van der Waals surface area contributed by atoms with Crippen molar-refractivity contribution in [1.82, 2.24) is 15.6 Å². The van der Waals surface area contributed by atoms with E-state index in [9.17, 15) is 4.79 Å². The van der Waals surface area contributed by atoms with Crippen LogP contribution in [0.4, 0.5) is 0 Å². The normalized spacial score (nSPS) is 13.5. The van der Waals surface area contributed by atoms with E-state index in [2.05, 4.69) is 21.7 Å². The van der Waals surface area contributed by atoms with Crippen molar-refractivity contribution in [3.05, 3.63) is 53.7 Å². The second-order valence-corrected chi connectivity index (χ2v) is 4.89. The van der Waals surface area contributed by atoms with Crippen molar-refractivity contribution >= 4 is 41.6 Å². The molecule has 1 aliphatic heterocycles. The van der Waals surface area contributed by atoms with E-state index in [0.29, 0.717) is 12.2 Å². The molecule has 0 spiro atoms. The Bertz CT molecular complexity index is 673. The van der Waals surface area contributed by atoms with Gasteiger partial charge < -0.3 is 10.6 Å². The summed E-state index contributed by atoms with van der Waals surface area (Å²) >= 11 is 0. The van der Waals surface area contributed by atoms with Gasteiger partial charge in [0.1, 0.15) is 5.69 Å². The number of carbonyl (C=O) groups is 1. The van der Waals surface area contributed by atoms with Gasteiger partial charge in [0.15, 0.2) is 0 Å². The second-order valence-electron chi connectivity index (χ2n) is 4.89. The van der Waals surface area contributed by atoms with Crippen LogP contribution in [0.25, 0.3) is 10.9 Å². The Hall–Kier alpha value is -1.62. The zero-order valence-corrected chi connectivity index (χ0v) is 13.7. The molecule has 0 saturated heterocycles. The fourth-order valence-electron chi connectivity index (χ4n) is 2.31. The van der Waals surface area contributed by atoms with Crippen LogP contribution < -0.4 is 10.6 Å². The number of carbonyl (C=O) groups excluding carboxylic acids is 1. The lowest BCUT2D eigenvalue weighted by atomic mass is 10.1. The minimum atomic E-state index is -0.116. The first kappa shape index (κ1) is 18.4. The Labute approximate surface area is 142 Å². The molecule has 1 amide bonds. The molecular formula is C16H19Cl2N3O. The number of amides is 1. The molecule has 22 heavy (non-hydrogen) atoms. The largest absolute Gasteiger partial charge is 0.347 e. The van der Waals surface area contributed by atoms with E-state index in [-0.39, 0.29) is 30.7 Å². The van der Waals surface area contributed by atoms with Crippen molar-refractivity contribution in [2.75, 3.05) is 19.6 Å². The number of rotatable bonds is 3. The lowest BCUT2D eigenvalue weighted by Gasteiger charge is -2.14. The number of aromatic nitrogens is 1. The van der Waals surface area contributed by atoms with Crippen LogP contribution in [0.3, 0.4) is 0 Å². The maximum Gasteiger partial charge on any atom is 0.270 e. The fraction of sp³-hybridized carbons (Fsp3) is 0.250. The minimum absolute atomic E-state index is 0. The molecule has 0 saturated carbocycles. The molecule has 0 radical (unpaired) electrons. The molecule has 4 nitrogen and oxygen atoms in total. The van der Waals surface area contributed by atoms with Crippen LogP contribution in [-0.2, 0) is 0 Å². The maximum absolute atomic E-state index is 12.1. The molecule has 2 aromatic rings. The summed E-state index contributed by atoms with van der Waals surface area (Å²) in [6.45, 7) is 2.48. The number of para-hydroxylation sites is 1. The molecule has 0 fully saturated rings. The number of nitrogens with zero attached hydrogens (tertiary/aromatic N) is 1. The van der Waals surface area contributed by atoms with E-state index in [4.69, 9.17) is 0 Å². The molecule has 6 heteroatoms. The molecule has 3 rings (SSSR count). The zero-order valence-electron chi connectivity index (χ0n) is 12.0. The van der Waals surface area contributed by atoms with E-state index in [1.807, 2.05) is 30.3 Å². The highest BCUT2D eigenvalue weighted by atomic mass is 35.5. The third kappa shape index (κ3) is 4.44. The molecule has 2 N–H and O–H groups in total. The number of fused-ring (bicyclic) bond motifs is 1. The predicted octanol–water partition coefficient (Wildman–Crippen LogP) is 2.73. The van der Waals surface area contributed by atoms with Gasteiger partial charge in [0, 0.05) is 18.5 Å². The first-order valence-electron chi connectivity index (χ1n) is 6.85. The molecular weight excluding hydrogens is 321 g/mol. The smallest absolute Gasteiger partial charge is 0.270 e. The Kier molecular flexibility index (Phi) is 7.32. The summed E-state index contributed by atoms with van der Waals surface area (Å²) < 4.78 is 0. The van der Waals surface area contributed by atoms with Crippen LogP contribution in [0.5, 0.6) is 0 Å². The molecule has 0 aliphatic carbocycles. The fourth-order valence-corrected chi connectivity index (χ4v) is 2.31. The number of halogens is 2. The molecule has 2 heterocycles. The highest BCUT2D eigenvalue weighted by molar-refractivity contribution is 5.94. The van der Waals surface area contributed by atoms with Crippen LogP contribution in [0.2, 0.25) is 0 Å². The Morgan fingerprint density at radius 1 is 1.18 bits per heavy atom. The van der Waals surface area contributed by atoms with Gasteiger partial charge in [-0.3, -0.25) is 4.79 Å². The number of pyridine rings is 1. The van der Waals surface area contributed by atoms with Gasteiger partial charge >= 0.3 is 0 Å². The van der Waals surface area contributed by atoms with Crippen LogP contribution in [0, 0.1) is 0 Å². The SMILES string of the molecule is Cl.Cl.O=C(NCC1=CCNCC1)c1ccc2ccccc2n1. The van der Waals surface area contributed by atoms with Gasteiger partial charge in [-0.2, -0.15) is 0 Å². The van der Waals surface area contributed by atoms with Gasteiger partial charge in [-0.15, -0.1) is 24.8 Å². The summed E-state index contributed by atoms with van der Waals surface area (Å²) in [6.07, 6.45) is 3.13. The summed E-state index contributed by atoms with van der Waals surface area (Å²) in [7, 11) is 0. The lowest BCUT2D eigenvalue weighted by Crippen LogP contribution is -2.30. The van der Waals surface area contributed by atoms with Crippen molar-refractivity contribution in [2.24, 2.45) is 0 Å². The lowest BCUT2D eigenvalue weighted by molar-refractivity contribution is 0.0952. The van der Waals surface area contributed by atoms with Gasteiger partial charge in [-0.05, 0) is 25.1 Å². The molecule has 0 atom stereocenters. The van der Waals surface area contributed by atoms with Crippen LogP contribution >= 0.6 is 24.8 Å².